The molecule has 34 heavy (non-hydrogen) atoms. The largest absolute Gasteiger partial charge is 0.442 e. The molecule has 2 aliphatic rings. The molecule has 0 saturated carbocycles. The van der Waals surface area contributed by atoms with E-state index in [-0.39, 0.29) is 31.5 Å². The first-order chi connectivity index (χ1) is 16.5. The highest BCUT2D eigenvalue weighted by Crippen LogP contribution is 2.29. The van der Waals surface area contributed by atoms with Gasteiger partial charge in [0.25, 0.3) is 0 Å². The zero-order chi connectivity index (χ0) is 23.7. The van der Waals surface area contributed by atoms with Crippen LogP contribution in [0.4, 0.5) is 19.3 Å². The van der Waals surface area contributed by atoms with Crippen molar-refractivity contribution in [2.75, 3.05) is 18.1 Å². The third-order valence-corrected chi connectivity index (χ3v) is 5.56. The van der Waals surface area contributed by atoms with E-state index in [0.29, 0.717) is 34.6 Å². The van der Waals surface area contributed by atoms with E-state index in [1.54, 1.807) is 24.3 Å². The zero-order valence-corrected chi connectivity index (χ0v) is 17.8. The molecule has 1 aromatic carbocycles. The predicted octanol–water partition coefficient (Wildman–Crippen LogP) is 2.46. The van der Waals surface area contributed by atoms with Crippen LogP contribution in [0.25, 0.3) is 11.1 Å². The number of rotatable bonds is 7. The average molecular weight is 470 g/mol. The number of cyclic esters (lactones) is 1. The second kappa shape index (κ2) is 9.14. The van der Waals surface area contributed by atoms with Crippen LogP contribution in [0, 0.1) is 5.82 Å². The van der Waals surface area contributed by atoms with Crippen LogP contribution in [0.2, 0.25) is 0 Å². The SMILES string of the molecule is O=C1O[C@@H](Cn2cc(CF)nn2)CN1c1ccc(-c2ccc(C3=NO[C@H](CO)C3)nc2)c(F)c1. The Balaban J connectivity index is 1.27. The van der Waals surface area contributed by atoms with Crippen molar-refractivity contribution in [2.45, 2.75) is 31.8 Å². The molecule has 0 spiro atoms. The molecule has 5 rings (SSSR count). The number of oxime groups is 1. The van der Waals surface area contributed by atoms with Crippen molar-refractivity contribution in [2.24, 2.45) is 5.16 Å². The fourth-order valence-corrected chi connectivity index (χ4v) is 3.83. The highest BCUT2D eigenvalue weighted by Gasteiger charge is 2.33. The number of nitrogens with zero attached hydrogens (tertiary/aromatic N) is 6. The molecule has 1 fully saturated rings. The predicted molar refractivity (Wildman–Crippen MR) is 115 cm³/mol. The van der Waals surface area contributed by atoms with Gasteiger partial charge in [-0.15, -0.1) is 5.10 Å². The second-order valence-corrected chi connectivity index (χ2v) is 7.93. The lowest BCUT2D eigenvalue weighted by molar-refractivity contribution is 0.0390. The number of hydrogen-bond donors (Lipinski definition) is 1. The number of carbonyl (C=O) groups excluding carboxylic acids is 1. The van der Waals surface area contributed by atoms with Crippen molar-refractivity contribution >= 4 is 17.5 Å². The Hall–Kier alpha value is -3.93. The van der Waals surface area contributed by atoms with E-state index in [0.717, 1.165) is 0 Å². The van der Waals surface area contributed by atoms with Crippen LogP contribution < -0.4 is 4.90 Å². The minimum Gasteiger partial charge on any atom is -0.442 e. The molecule has 176 valence electrons. The van der Waals surface area contributed by atoms with Crippen molar-refractivity contribution in [3.8, 4) is 11.1 Å². The number of pyridine rings is 1. The van der Waals surface area contributed by atoms with E-state index in [2.05, 4.69) is 20.5 Å². The molecule has 1 amide bonds. The minimum atomic E-state index is -0.728. The van der Waals surface area contributed by atoms with Gasteiger partial charge in [0.2, 0.25) is 0 Å². The van der Waals surface area contributed by atoms with Crippen LogP contribution >= 0.6 is 0 Å². The molecule has 0 aliphatic carbocycles. The highest BCUT2D eigenvalue weighted by molar-refractivity contribution is 5.99. The summed E-state index contributed by atoms with van der Waals surface area (Å²) < 4.78 is 34.4. The molecule has 12 heteroatoms. The van der Waals surface area contributed by atoms with Crippen LogP contribution in [0.5, 0.6) is 0 Å². The van der Waals surface area contributed by atoms with Crippen LogP contribution in [-0.2, 0) is 22.8 Å². The number of ether oxygens (including phenoxy) is 1. The van der Waals surface area contributed by atoms with Crippen LogP contribution in [0.3, 0.4) is 0 Å². The molecule has 2 aliphatic heterocycles. The van der Waals surface area contributed by atoms with Gasteiger partial charge in [-0.2, -0.15) is 0 Å². The first kappa shape index (κ1) is 21.9. The normalized spacial score (nSPS) is 19.8. The summed E-state index contributed by atoms with van der Waals surface area (Å²) in [6.45, 7) is -0.455. The Kier molecular flexibility index (Phi) is 5.88. The molecule has 0 unspecified atom stereocenters. The summed E-state index contributed by atoms with van der Waals surface area (Å²) in [5.41, 5.74) is 2.65. The number of carbonyl (C=O) groups is 1. The van der Waals surface area contributed by atoms with Crippen molar-refractivity contribution < 1.29 is 28.3 Å². The maximum atomic E-state index is 15.0. The van der Waals surface area contributed by atoms with Crippen molar-refractivity contribution in [1.82, 2.24) is 20.0 Å². The number of aromatic nitrogens is 4. The smallest absolute Gasteiger partial charge is 0.414 e. The Morgan fingerprint density at radius 1 is 1.21 bits per heavy atom. The Bertz CT molecular complexity index is 1230. The summed E-state index contributed by atoms with van der Waals surface area (Å²) in [5.74, 6) is -0.519. The van der Waals surface area contributed by atoms with Gasteiger partial charge in [0.1, 0.15) is 30.0 Å². The van der Waals surface area contributed by atoms with Crippen LogP contribution in [0.1, 0.15) is 17.8 Å². The Labute approximate surface area is 192 Å². The second-order valence-electron chi connectivity index (χ2n) is 7.93. The third-order valence-electron chi connectivity index (χ3n) is 5.56. The lowest BCUT2D eigenvalue weighted by Crippen LogP contribution is -2.26. The lowest BCUT2D eigenvalue weighted by atomic mass is 10.0. The van der Waals surface area contributed by atoms with Crippen LogP contribution in [0.15, 0.2) is 47.9 Å². The molecule has 2 aromatic heterocycles. The summed E-state index contributed by atoms with van der Waals surface area (Å²) in [6.07, 6.45) is 1.92. The summed E-state index contributed by atoms with van der Waals surface area (Å²) in [6, 6.07) is 7.91. The molecule has 1 saturated heterocycles. The van der Waals surface area contributed by atoms with Crippen molar-refractivity contribution in [1.29, 1.82) is 0 Å². The van der Waals surface area contributed by atoms with Gasteiger partial charge in [0.15, 0.2) is 6.10 Å². The number of hydrogen-bond acceptors (Lipinski definition) is 8. The summed E-state index contributed by atoms with van der Waals surface area (Å²) in [5, 5.41) is 20.5. The van der Waals surface area contributed by atoms with Gasteiger partial charge in [-0.25, -0.2) is 18.3 Å². The third kappa shape index (κ3) is 4.31. The Morgan fingerprint density at radius 2 is 2.09 bits per heavy atom. The lowest BCUT2D eigenvalue weighted by Gasteiger charge is -2.14. The quantitative estimate of drug-likeness (QED) is 0.564. The van der Waals surface area contributed by atoms with E-state index in [4.69, 9.17) is 14.7 Å². The Morgan fingerprint density at radius 3 is 2.76 bits per heavy atom. The molecular weight excluding hydrogens is 450 g/mol. The number of aliphatic hydroxyl groups is 1. The van der Waals surface area contributed by atoms with Gasteiger partial charge < -0.3 is 14.7 Å². The molecule has 4 heterocycles. The fraction of sp³-hybridized carbons (Fsp3) is 0.318. The van der Waals surface area contributed by atoms with Gasteiger partial charge in [-0.1, -0.05) is 16.4 Å². The average Bonchev–Trinajstić information content (AvgIpc) is 3.59. The molecule has 3 aromatic rings. The van der Waals surface area contributed by atoms with Gasteiger partial charge in [-0.05, 0) is 24.3 Å². The molecule has 2 atom stereocenters. The maximum Gasteiger partial charge on any atom is 0.414 e. The summed E-state index contributed by atoms with van der Waals surface area (Å²) in [4.78, 5) is 23.1. The maximum absolute atomic E-state index is 15.0. The topological polar surface area (TPSA) is 115 Å². The first-order valence-corrected chi connectivity index (χ1v) is 10.6. The van der Waals surface area contributed by atoms with Gasteiger partial charge in [0.05, 0.1) is 37.3 Å². The van der Waals surface area contributed by atoms with Crippen molar-refractivity contribution in [3.63, 3.8) is 0 Å². The minimum absolute atomic E-state index is 0.130. The standard InChI is InChI=1S/C22H20F2N6O4/c23-7-14-9-29(28-26-14)10-17-11-30(22(32)33-17)15-2-3-18(19(24)5-15)13-1-4-20(25-8-13)21-6-16(12-31)34-27-21/h1-5,8-9,16-17,31H,6-7,10-12H2/t16-,17-/m0/s1. The highest BCUT2D eigenvalue weighted by atomic mass is 19.1. The number of benzene rings is 1. The van der Waals surface area contributed by atoms with E-state index < -0.39 is 24.7 Å². The van der Waals surface area contributed by atoms with Crippen LogP contribution in [-0.4, -0.2) is 62.2 Å². The van der Waals surface area contributed by atoms with Crippen molar-refractivity contribution in [3.05, 3.63) is 59.9 Å². The molecule has 0 bridgehead atoms. The van der Waals surface area contributed by atoms with Gasteiger partial charge in [-0.3, -0.25) is 9.88 Å². The fourth-order valence-electron chi connectivity index (χ4n) is 3.83. The van der Waals surface area contributed by atoms with Gasteiger partial charge >= 0.3 is 6.09 Å². The first-order valence-electron chi connectivity index (χ1n) is 10.6. The van der Waals surface area contributed by atoms with E-state index in [1.807, 2.05) is 0 Å². The summed E-state index contributed by atoms with van der Waals surface area (Å²) in [7, 11) is 0. The molecule has 10 nitrogen and oxygen atoms in total. The van der Waals surface area contributed by atoms with E-state index in [1.165, 1.54) is 28.0 Å². The number of aliphatic hydroxyl groups excluding tert-OH is 1. The number of amides is 1. The number of anilines is 1. The summed E-state index contributed by atoms with van der Waals surface area (Å²) >= 11 is 0. The molecule has 1 N–H and O–H groups in total. The monoisotopic (exact) mass is 470 g/mol. The zero-order valence-electron chi connectivity index (χ0n) is 17.8. The number of alkyl halides is 1. The van der Waals surface area contributed by atoms with E-state index in [9.17, 15) is 13.6 Å². The molecular formula is C22H20F2N6O4. The molecule has 0 radical (unpaired) electrons. The number of halogens is 2. The van der Waals surface area contributed by atoms with E-state index >= 15 is 0 Å². The van der Waals surface area contributed by atoms with Gasteiger partial charge in [0, 0.05) is 23.7 Å².